The molecule has 3 aromatic rings. The van der Waals surface area contributed by atoms with Crippen molar-refractivity contribution in [3.63, 3.8) is 0 Å². The van der Waals surface area contributed by atoms with Gasteiger partial charge in [0.1, 0.15) is 17.4 Å². The SMILES string of the molecule is CCN1Cc2c(n(CCc3ccc(OC)cc3)c3c(F)cc(F)cc23)CC1C. The number of methoxy groups -OCH3 is 1. The van der Waals surface area contributed by atoms with Gasteiger partial charge in [0.25, 0.3) is 0 Å². The lowest BCUT2D eigenvalue weighted by atomic mass is 9.99. The highest BCUT2D eigenvalue weighted by molar-refractivity contribution is 5.86. The summed E-state index contributed by atoms with van der Waals surface area (Å²) in [6, 6.07) is 10.8. The summed E-state index contributed by atoms with van der Waals surface area (Å²) in [5.41, 5.74) is 3.91. The lowest BCUT2D eigenvalue weighted by molar-refractivity contribution is 0.192. The molecule has 1 aromatic heterocycles. The van der Waals surface area contributed by atoms with Crippen LogP contribution in [0.2, 0.25) is 0 Å². The van der Waals surface area contributed by atoms with Crippen molar-refractivity contribution in [2.75, 3.05) is 13.7 Å². The predicted molar refractivity (Wildman–Crippen MR) is 108 cm³/mol. The van der Waals surface area contributed by atoms with Crippen LogP contribution in [0.15, 0.2) is 36.4 Å². The minimum atomic E-state index is -0.512. The first-order chi connectivity index (χ1) is 13.5. The molecule has 148 valence electrons. The van der Waals surface area contributed by atoms with E-state index in [-0.39, 0.29) is 0 Å². The third-order valence-electron chi connectivity index (χ3n) is 5.96. The van der Waals surface area contributed by atoms with Crippen molar-refractivity contribution in [2.24, 2.45) is 0 Å². The highest BCUT2D eigenvalue weighted by Gasteiger charge is 2.29. The quantitative estimate of drug-likeness (QED) is 0.620. The van der Waals surface area contributed by atoms with Crippen molar-refractivity contribution in [1.29, 1.82) is 0 Å². The van der Waals surface area contributed by atoms with Gasteiger partial charge in [-0.2, -0.15) is 0 Å². The smallest absolute Gasteiger partial charge is 0.150 e. The molecule has 4 rings (SSSR count). The molecular formula is C23H26F2N2O. The molecule has 0 N–H and O–H groups in total. The molecule has 28 heavy (non-hydrogen) atoms. The number of rotatable bonds is 5. The molecule has 5 heteroatoms. The molecule has 0 saturated carbocycles. The number of ether oxygens (including phenoxy) is 1. The van der Waals surface area contributed by atoms with Crippen molar-refractivity contribution in [3.8, 4) is 5.75 Å². The molecule has 0 spiro atoms. The maximum absolute atomic E-state index is 14.8. The molecule has 0 saturated heterocycles. The fourth-order valence-electron chi connectivity index (χ4n) is 4.40. The Kier molecular flexibility index (Phi) is 5.11. The van der Waals surface area contributed by atoms with Crippen molar-refractivity contribution in [3.05, 3.63) is 64.9 Å². The van der Waals surface area contributed by atoms with Gasteiger partial charge in [0.05, 0.1) is 12.6 Å². The zero-order valence-electron chi connectivity index (χ0n) is 16.6. The van der Waals surface area contributed by atoms with Crippen molar-refractivity contribution < 1.29 is 13.5 Å². The highest BCUT2D eigenvalue weighted by atomic mass is 19.1. The van der Waals surface area contributed by atoms with Crippen LogP contribution in [-0.2, 0) is 25.9 Å². The predicted octanol–water partition coefficient (Wildman–Crippen LogP) is 4.94. The van der Waals surface area contributed by atoms with Crippen LogP contribution in [-0.4, -0.2) is 29.2 Å². The number of fused-ring (bicyclic) bond motifs is 3. The molecule has 0 fully saturated rings. The van der Waals surface area contributed by atoms with Crippen LogP contribution >= 0.6 is 0 Å². The van der Waals surface area contributed by atoms with Gasteiger partial charge in [-0.25, -0.2) is 8.78 Å². The Balaban J connectivity index is 1.75. The number of benzene rings is 2. The lowest BCUT2D eigenvalue weighted by Gasteiger charge is -2.33. The molecular weight excluding hydrogens is 358 g/mol. The van der Waals surface area contributed by atoms with Crippen LogP contribution < -0.4 is 4.74 Å². The summed E-state index contributed by atoms with van der Waals surface area (Å²) in [5, 5.41) is 0.715. The van der Waals surface area contributed by atoms with Gasteiger partial charge >= 0.3 is 0 Å². The molecule has 0 aliphatic carbocycles. The first-order valence-corrected chi connectivity index (χ1v) is 9.87. The highest BCUT2D eigenvalue weighted by Crippen LogP contribution is 2.35. The zero-order chi connectivity index (χ0) is 19.8. The second-order valence-electron chi connectivity index (χ2n) is 7.57. The Morgan fingerprint density at radius 1 is 1.14 bits per heavy atom. The van der Waals surface area contributed by atoms with Crippen molar-refractivity contribution in [2.45, 2.75) is 45.8 Å². The van der Waals surface area contributed by atoms with E-state index < -0.39 is 11.6 Å². The normalized spacial score (nSPS) is 17.1. The fraction of sp³-hybridized carbons (Fsp3) is 0.391. The summed E-state index contributed by atoms with van der Waals surface area (Å²) < 4.78 is 36.1. The number of halogens is 2. The monoisotopic (exact) mass is 384 g/mol. The number of hydrogen-bond acceptors (Lipinski definition) is 2. The van der Waals surface area contributed by atoms with E-state index in [0.29, 0.717) is 23.5 Å². The number of aryl methyl sites for hydroxylation is 2. The van der Waals surface area contributed by atoms with Gasteiger partial charge in [0, 0.05) is 42.7 Å². The molecule has 0 amide bonds. The summed E-state index contributed by atoms with van der Waals surface area (Å²) in [6.07, 6.45) is 1.63. The number of nitrogens with zero attached hydrogens (tertiary/aromatic N) is 2. The van der Waals surface area contributed by atoms with Crippen molar-refractivity contribution >= 4 is 10.9 Å². The second kappa shape index (κ2) is 7.55. The molecule has 0 radical (unpaired) electrons. The molecule has 2 aromatic carbocycles. The third-order valence-corrected chi connectivity index (χ3v) is 5.96. The summed E-state index contributed by atoms with van der Waals surface area (Å²) in [6.45, 7) is 6.67. The zero-order valence-corrected chi connectivity index (χ0v) is 16.6. The Hall–Kier alpha value is -2.40. The first kappa shape index (κ1) is 18.9. The molecule has 0 bridgehead atoms. The number of likely N-dealkylation sites (N-methyl/N-ethyl adjacent to an activating group) is 1. The van der Waals surface area contributed by atoms with Gasteiger partial charge < -0.3 is 9.30 Å². The van der Waals surface area contributed by atoms with Gasteiger partial charge in [0.2, 0.25) is 0 Å². The van der Waals surface area contributed by atoms with Crippen LogP contribution in [0.4, 0.5) is 8.78 Å². The summed E-state index contributed by atoms with van der Waals surface area (Å²) in [5.74, 6) is -0.167. The maximum Gasteiger partial charge on any atom is 0.150 e. The Labute approximate surface area is 164 Å². The summed E-state index contributed by atoms with van der Waals surface area (Å²) >= 11 is 0. The number of aromatic nitrogens is 1. The number of hydrogen-bond donors (Lipinski definition) is 0. The molecule has 1 unspecified atom stereocenters. The van der Waals surface area contributed by atoms with E-state index in [1.165, 1.54) is 6.07 Å². The average Bonchev–Trinajstić information content (AvgIpc) is 2.98. The topological polar surface area (TPSA) is 17.4 Å². The van der Waals surface area contributed by atoms with Gasteiger partial charge in [-0.1, -0.05) is 19.1 Å². The van der Waals surface area contributed by atoms with Crippen LogP contribution in [0.25, 0.3) is 10.9 Å². The van der Waals surface area contributed by atoms with Gasteiger partial charge in [-0.15, -0.1) is 0 Å². The van der Waals surface area contributed by atoms with Crippen LogP contribution in [0.1, 0.15) is 30.7 Å². The van der Waals surface area contributed by atoms with Crippen LogP contribution in [0.5, 0.6) is 5.75 Å². The van der Waals surface area contributed by atoms with E-state index >= 15 is 0 Å². The average molecular weight is 384 g/mol. The largest absolute Gasteiger partial charge is 0.497 e. The van der Waals surface area contributed by atoms with E-state index in [9.17, 15) is 8.78 Å². The standard InChI is InChI=1S/C23H26F2N2O/c1-4-26-14-20-19-12-17(24)13-21(25)23(19)27(22(20)11-15(26)2)10-9-16-5-7-18(28-3)8-6-16/h5-8,12-13,15H,4,9-11,14H2,1-3H3. The van der Waals surface area contributed by atoms with Crippen molar-refractivity contribution in [1.82, 2.24) is 9.47 Å². The third kappa shape index (κ3) is 3.28. The van der Waals surface area contributed by atoms with Crippen LogP contribution in [0.3, 0.4) is 0 Å². The molecule has 2 heterocycles. The molecule has 1 atom stereocenters. The molecule has 1 aliphatic heterocycles. The fourth-order valence-corrected chi connectivity index (χ4v) is 4.40. The Morgan fingerprint density at radius 3 is 2.57 bits per heavy atom. The Morgan fingerprint density at radius 2 is 1.89 bits per heavy atom. The maximum atomic E-state index is 14.8. The van der Waals surface area contributed by atoms with E-state index in [2.05, 4.69) is 23.3 Å². The van der Waals surface area contributed by atoms with E-state index in [0.717, 1.165) is 54.6 Å². The summed E-state index contributed by atoms with van der Waals surface area (Å²) in [7, 11) is 1.65. The minimum absolute atomic E-state index is 0.384. The van der Waals surface area contributed by atoms with Gasteiger partial charge in [-0.05, 0) is 49.2 Å². The lowest BCUT2D eigenvalue weighted by Crippen LogP contribution is -2.38. The first-order valence-electron chi connectivity index (χ1n) is 9.87. The summed E-state index contributed by atoms with van der Waals surface area (Å²) in [4.78, 5) is 2.36. The van der Waals surface area contributed by atoms with Gasteiger partial charge in [-0.3, -0.25) is 4.90 Å². The Bertz CT molecular complexity index is 994. The van der Waals surface area contributed by atoms with E-state index in [4.69, 9.17) is 4.74 Å². The van der Waals surface area contributed by atoms with Gasteiger partial charge in [0.15, 0.2) is 0 Å². The second-order valence-corrected chi connectivity index (χ2v) is 7.57. The molecule has 1 aliphatic rings. The molecule has 3 nitrogen and oxygen atoms in total. The van der Waals surface area contributed by atoms with E-state index in [1.54, 1.807) is 7.11 Å². The minimum Gasteiger partial charge on any atom is -0.497 e. The van der Waals surface area contributed by atoms with E-state index in [1.807, 2.05) is 24.3 Å². The van der Waals surface area contributed by atoms with Crippen LogP contribution in [0, 0.1) is 11.6 Å².